The summed E-state index contributed by atoms with van der Waals surface area (Å²) in [5.74, 6) is 0. The smallest absolute Gasteiger partial charge is 0.0665 e. The van der Waals surface area contributed by atoms with Crippen molar-refractivity contribution in [2.24, 2.45) is 5.41 Å². The average Bonchev–Trinajstić information content (AvgIpc) is 3.00. The van der Waals surface area contributed by atoms with E-state index in [2.05, 4.69) is 29.1 Å². The summed E-state index contributed by atoms with van der Waals surface area (Å²) in [6, 6.07) is 8.19. The molecular formula is C17H25N3O2. The summed E-state index contributed by atoms with van der Waals surface area (Å²) >= 11 is 0. The molecular weight excluding hydrogens is 278 g/mol. The number of aliphatic hydroxyl groups excluding tert-OH is 2. The van der Waals surface area contributed by atoms with Crippen LogP contribution in [-0.2, 0) is 6.54 Å². The lowest BCUT2D eigenvalue weighted by molar-refractivity contribution is -0.0822. The molecule has 22 heavy (non-hydrogen) atoms. The third-order valence-corrected chi connectivity index (χ3v) is 4.91. The van der Waals surface area contributed by atoms with Crippen molar-refractivity contribution in [2.75, 3.05) is 19.7 Å². The molecule has 3 heterocycles. The van der Waals surface area contributed by atoms with Crippen LogP contribution >= 0.6 is 0 Å². The van der Waals surface area contributed by atoms with Gasteiger partial charge in [0.2, 0.25) is 0 Å². The molecule has 0 saturated carbocycles. The normalized spacial score (nSPS) is 26.6. The van der Waals surface area contributed by atoms with Gasteiger partial charge in [-0.3, -0.25) is 4.90 Å². The molecule has 5 nitrogen and oxygen atoms in total. The van der Waals surface area contributed by atoms with E-state index in [1.54, 1.807) is 0 Å². The van der Waals surface area contributed by atoms with E-state index < -0.39 is 6.10 Å². The fraction of sp³-hybridized carbons (Fsp3) is 0.588. The molecule has 3 rings (SSSR count). The first-order chi connectivity index (χ1) is 10.7. The average molecular weight is 303 g/mol. The molecule has 0 aliphatic carbocycles. The Morgan fingerprint density at radius 1 is 1.36 bits per heavy atom. The first-order valence-corrected chi connectivity index (χ1v) is 8.11. The molecule has 2 N–H and O–H groups in total. The Hall–Kier alpha value is -1.43. The highest BCUT2D eigenvalue weighted by Crippen LogP contribution is 2.35. The van der Waals surface area contributed by atoms with Crippen molar-refractivity contribution in [2.45, 2.75) is 38.8 Å². The number of aliphatic hydroxyl groups is 2. The van der Waals surface area contributed by atoms with Gasteiger partial charge in [-0.05, 0) is 31.0 Å². The number of fused-ring (bicyclic) bond motifs is 1. The number of pyridine rings is 1. The summed E-state index contributed by atoms with van der Waals surface area (Å²) in [4.78, 5) is 2.33. The maximum Gasteiger partial charge on any atom is 0.0665 e. The van der Waals surface area contributed by atoms with Crippen molar-refractivity contribution < 1.29 is 10.2 Å². The molecule has 1 aliphatic rings. The Bertz CT molecular complexity index is 627. The third-order valence-electron chi connectivity index (χ3n) is 4.91. The van der Waals surface area contributed by atoms with Gasteiger partial charge in [-0.1, -0.05) is 19.4 Å². The van der Waals surface area contributed by atoms with Gasteiger partial charge < -0.3 is 10.2 Å². The van der Waals surface area contributed by atoms with E-state index in [1.807, 2.05) is 22.8 Å². The van der Waals surface area contributed by atoms with E-state index in [4.69, 9.17) is 0 Å². The number of rotatable bonds is 5. The minimum absolute atomic E-state index is 0.0461. The second-order valence-corrected chi connectivity index (χ2v) is 6.47. The van der Waals surface area contributed by atoms with E-state index >= 15 is 0 Å². The molecule has 0 amide bonds. The summed E-state index contributed by atoms with van der Waals surface area (Å²) in [5, 5.41) is 24.6. The Labute approximate surface area is 131 Å². The van der Waals surface area contributed by atoms with Crippen molar-refractivity contribution in [3.8, 4) is 0 Å². The molecule has 0 unspecified atom stereocenters. The van der Waals surface area contributed by atoms with Crippen molar-refractivity contribution in [3.05, 3.63) is 36.2 Å². The van der Waals surface area contributed by atoms with Crippen LogP contribution in [0.25, 0.3) is 5.52 Å². The van der Waals surface area contributed by atoms with Crippen LogP contribution in [0.3, 0.4) is 0 Å². The zero-order valence-corrected chi connectivity index (χ0v) is 13.1. The topological polar surface area (TPSA) is 61.0 Å². The van der Waals surface area contributed by atoms with Crippen LogP contribution in [-0.4, -0.2) is 50.5 Å². The Balaban J connectivity index is 1.79. The number of aromatic nitrogens is 2. The summed E-state index contributed by atoms with van der Waals surface area (Å²) in [7, 11) is 0. The van der Waals surface area contributed by atoms with Crippen molar-refractivity contribution in [3.63, 3.8) is 0 Å². The lowest BCUT2D eigenvalue weighted by Crippen LogP contribution is -2.53. The fourth-order valence-electron chi connectivity index (χ4n) is 3.71. The fourth-order valence-corrected chi connectivity index (χ4v) is 3.71. The summed E-state index contributed by atoms with van der Waals surface area (Å²) in [5.41, 5.74) is 1.85. The standard InChI is InChI=1S/C17H25N3O2/c1-2-8-17(13-21)12-19(10-7-16(17)22)11-15-5-3-4-14-6-9-18-20(14)15/h3-6,9,16,21-22H,2,7-8,10-13H2,1H3/t16-,17+/m1/s1. The predicted octanol–water partition coefficient (Wildman–Crippen LogP) is 1.68. The molecule has 5 heteroatoms. The quantitative estimate of drug-likeness (QED) is 0.882. The molecule has 2 atom stereocenters. The van der Waals surface area contributed by atoms with Gasteiger partial charge in [0.1, 0.15) is 0 Å². The van der Waals surface area contributed by atoms with Gasteiger partial charge in [0, 0.05) is 31.2 Å². The first-order valence-electron chi connectivity index (χ1n) is 8.11. The summed E-state index contributed by atoms with van der Waals surface area (Å²) in [6.07, 6.45) is 3.95. The Morgan fingerprint density at radius 2 is 2.23 bits per heavy atom. The monoisotopic (exact) mass is 303 g/mol. The first kappa shape index (κ1) is 15.5. The van der Waals surface area contributed by atoms with Crippen molar-refractivity contribution >= 4 is 5.52 Å². The summed E-state index contributed by atoms with van der Waals surface area (Å²) in [6.45, 7) is 4.52. The number of piperidine rings is 1. The minimum atomic E-state index is -0.408. The van der Waals surface area contributed by atoms with E-state index in [0.29, 0.717) is 0 Å². The predicted molar refractivity (Wildman–Crippen MR) is 85.5 cm³/mol. The van der Waals surface area contributed by atoms with E-state index in [9.17, 15) is 10.2 Å². The van der Waals surface area contributed by atoms with Gasteiger partial charge in [-0.2, -0.15) is 5.10 Å². The number of nitrogens with zero attached hydrogens (tertiary/aromatic N) is 3. The molecule has 0 bridgehead atoms. The van der Waals surface area contributed by atoms with E-state index in [-0.39, 0.29) is 12.0 Å². The highest BCUT2D eigenvalue weighted by Gasteiger charge is 2.41. The molecule has 2 aromatic heterocycles. The zero-order chi connectivity index (χ0) is 15.6. The van der Waals surface area contributed by atoms with Gasteiger partial charge in [0.25, 0.3) is 0 Å². The number of hydrogen-bond acceptors (Lipinski definition) is 4. The van der Waals surface area contributed by atoms with Crippen molar-refractivity contribution in [1.29, 1.82) is 0 Å². The molecule has 1 fully saturated rings. The van der Waals surface area contributed by atoms with Gasteiger partial charge >= 0.3 is 0 Å². The Kier molecular flexibility index (Phi) is 4.47. The second kappa shape index (κ2) is 6.36. The highest BCUT2D eigenvalue weighted by molar-refractivity contribution is 5.46. The van der Waals surface area contributed by atoms with Crippen LogP contribution in [0.1, 0.15) is 31.9 Å². The number of hydrogen-bond donors (Lipinski definition) is 2. The lowest BCUT2D eigenvalue weighted by atomic mass is 9.74. The van der Waals surface area contributed by atoms with Crippen LogP contribution in [0.15, 0.2) is 30.5 Å². The van der Waals surface area contributed by atoms with Gasteiger partial charge in [-0.25, -0.2) is 4.52 Å². The van der Waals surface area contributed by atoms with Crippen LogP contribution in [0.2, 0.25) is 0 Å². The van der Waals surface area contributed by atoms with Crippen LogP contribution in [0.4, 0.5) is 0 Å². The molecule has 1 aliphatic heterocycles. The molecule has 2 aromatic rings. The molecule has 0 spiro atoms. The van der Waals surface area contributed by atoms with Crippen LogP contribution in [0, 0.1) is 5.41 Å². The Morgan fingerprint density at radius 3 is 3.00 bits per heavy atom. The van der Waals surface area contributed by atoms with Gasteiger partial charge in [0.05, 0.1) is 23.9 Å². The maximum atomic E-state index is 10.4. The highest BCUT2D eigenvalue weighted by atomic mass is 16.3. The third kappa shape index (κ3) is 2.76. The van der Waals surface area contributed by atoms with E-state index in [1.165, 1.54) is 0 Å². The zero-order valence-electron chi connectivity index (χ0n) is 13.1. The summed E-state index contributed by atoms with van der Waals surface area (Å²) < 4.78 is 1.96. The van der Waals surface area contributed by atoms with Crippen LogP contribution < -0.4 is 0 Å². The maximum absolute atomic E-state index is 10.4. The lowest BCUT2D eigenvalue weighted by Gasteiger charge is -2.45. The molecule has 120 valence electrons. The van der Waals surface area contributed by atoms with Gasteiger partial charge in [0.15, 0.2) is 0 Å². The minimum Gasteiger partial charge on any atom is -0.396 e. The molecule has 0 radical (unpaired) electrons. The SMILES string of the molecule is CCC[C@@]1(CO)CN(Cc2cccc3ccnn23)CC[C@H]1O. The van der Waals surface area contributed by atoms with Gasteiger partial charge in [-0.15, -0.1) is 0 Å². The largest absolute Gasteiger partial charge is 0.396 e. The number of likely N-dealkylation sites (tertiary alicyclic amines) is 1. The van der Waals surface area contributed by atoms with E-state index in [0.717, 1.165) is 50.1 Å². The van der Waals surface area contributed by atoms with Crippen LogP contribution in [0.5, 0.6) is 0 Å². The van der Waals surface area contributed by atoms with Crippen molar-refractivity contribution in [1.82, 2.24) is 14.5 Å². The molecule has 1 saturated heterocycles. The second-order valence-electron chi connectivity index (χ2n) is 6.47. The molecule has 0 aromatic carbocycles.